The van der Waals surface area contributed by atoms with E-state index in [4.69, 9.17) is 11.6 Å². The molecule has 1 saturated heterocycles. The summed E-state index contributed by atoms with van der Waals surface area (Å²) in [6.07, 6.45) is 5.03. The fourth-order valence-corrected chi connectivity index (χ4v) is 4.88. The zero-order chi connectivity index (χ0) is 20.0. The first-order valence-corrected chi connectivity index (χ1v) is 10.7. The summed E-state index contributed by atoms with van der Waals surface area (Å²) in [6, 6.07) is 12.3. The van der Waals surface area contributed by atoms with Crippen molar-refractivity contribution in [2.24, 2.45) is 5.41 Å². The lowest BCUT2D eigenvalue weighted by Crippen LogP contribution is -2.59. The molecule has 1 spiro atoms. The molecule has 1 amide bonds. The van der Waals surface area contributed by atoms with Gasteiger partial charge in [0.25, 0.3) is 5.91 Å². The Labute approximate surface area is 175 Å². The summed E-state index contributed by atoms with van der Waals surface area (Å²) in [5.74, 6) is 0.565. The van der Waals surface area contributed by atoms with Gasteiger partial charge < -0.3 is 10.6 Å². The third-order valence-electron chi connectivity index (χ3n) is 6.47. The van der Waals surface area contributed by atoms with Crippen LogP contribution in [-0.2, 0) is 13.0 Å². The van der Waals surface area contributed by atoms with Crippen molar-refractivity contribution in [3.8, 4) is 0 Å². The van der Waals surface area contributed by atoms with Gasteiger partial charge in [-0.3, -0.25) is 9.20 Å². The summed E-state index contributed by atoms with van der Waals surface area (Å²) in [5.41, 5.74) is 5.19. The summed E-state index contributed by atoms with van der Waals surface area (Å²) < 4.78 is 1.78. The van der Waals surface area contributed by atoms with Crippen molar-refractivity contribution >= 4 is 23.2 Å². The molecule has 2 fully saturated rings. The second kappa shape index (κ2) is 7.15. The number of hydrogen-bond donors (Lipinski definition) is 2. The molecular weight excluding hydrogens is 384 g/mol. The maximum Gasteiger partial charge on any atom is 0.270 e. The van der Waals surface area contributed by atoms with Crippen LogP contribution >= 0.6 is 11.6 Å². The highest BCUT2D eigenvalue weighted by Gasteiger charge is 2.48. The molecule has 150 valence electrons. The number of pyridine rings is 1. The molecule has 0 unspecified atom stereocenters. The molecule has 5 rings (SSSR count). The Morgan fingerprint density at radius 3 is 2.66 bits per heavy atom. The molecule has 5 nitrogen and oxygen atoms in total. The van der Waals surface area contributed by atoms with Crippen molar-refractivity contribution in [3.63, 3.8) is 0 Å². The number of benzene rings is 1. The molecule has 2 aliphatic rings. The summed E-state index contributed by atoms with van der Waals surface area (Å²) >= 11 is 6.12. The summed E-state index contributed by atoms with van der Waals surface area (Å²) in [4.78, 5) is 17.5. The van der Waals surface area contributed by atoms with Gasteiger partial charge in [0.05, 0.1) is 10.7 Å². The van der Waals surface area contributed by atoms with E-state index in [1.54, 1.807) is 16.7 Å². The molecule has 0 bridgehead atoms. The van der Waals surface area contributed by atoms with Crippen LogP contribution in [0.15, 0.2) is 42.6 Å². The Balaban J connectivity index is 1.26. The molecule has 1 saturated carbocycles. The largest absolute Gasteiger partial charge is 0.347 e. The van der Waals surface area contributed by atoms with Crippen LogP contribution in [0.25, 0.3) is 5.65 Å². The van der Waals surface area contributed by atoms with Gasteiger partial charge in [-0.25, -0.2) is 4.98 Å². The van der Waals surface area contributed by atoms with Gasteiger partial charge in [-0.1, -0.05) is 42.8 Å². The average molecular weight is 409 g/mol. The van der Waals surface area contributed by atoms with Crippen LogP contribution < -0.4 is 10.6 Å². The molecule has 2 aromatic heterocycles. The molecule has 3 heterocycles. The normalized spacial score (nSPS) is 17.9. The predicted molar refractivity (Wildman–Crippen MR) is 114 cm³/mol. The number of halogens is 1. The van der Waals surface area contributed by atoms with Gasteiger partial charge in [-0.15, -0.1) is 0 Å². The van der Waals surface area contributed by atoms with Gasteiger partial charge in [0.15, 0.2) is 0 Å². The minimum absolute atomic E-state index is 0.126. The second-order valence-corrected chi connectivity index (χ2v) is 8.91. The lowest BCUT2D eigenvalue weighted by molar-refractivity contribution is 0.0363. The van der Waals surface area contributed by atoms with E-state index in [2.05, 4.69) is 39.9 Å². The number of nitrogens with zero attached hydrogens (tertiary/aromatic N) is 2. The van der Waals surface area contributed by atoms with E-state index >= 15 is 0 Å². The molecular formula is C23H25ClN4O. The molecule has 3 aromatic rings. The number of nitrogens with one attached hydrogen (secondary N) is 2. The van der Waals surface area contributed by atoms with E-state index in [0.717, 1.165) is 16.9 Å². The smallest absolute Gasteiger partial charge is 0.270 e. The molecule has 1 aromatic carbocycles. The number of rotatable bonds is 5. The molecule has 29 heavy (non-hydrogen) atoms. The van der Waals surface area contributed by atoms with Crippen molar-refractivity contribution in [2.75, 3.05) is 13.1 Å². The van der Waals surface area contributed by atoms with Crippen LogP contribution in [0.1, 0.15) is 53.0 Å². The van der Waals surface area contributed by atoms with E-state index in [-0.39, 0.29) is 5.91 Å². The van der Waals surface area contributed by atoms with Gasteiger partial charge in [0, 0.05) is 25.8 Å². The highest BCUT2D eigenvalue weighted by atomic mass is 35.5. The molecule has 6 heteroatoms. The van der Waals surface area contributed by atoms with E-state index in [0.29, 0.717) is 35.0 Å². The van der Waals surface area contributed by atoms with Gasteiger partial charge in [0.1, 0.15) is 11.3 Å². The summed E-state index contributed by atoms with van der Waals surface area (Å²) in [5, 5.41) is 7.02. The Bertz CT molecular complexity index is 1060. The second-order valence-electron chi connectivity index (χ2n) is 8.47. The zero-order valence-electron chi connectivity index (χ0n) is 16.5. The van der Waals surface area contributed by atoms with Gasteiger partial charge in [-0.2, -0.15) is 0 Å². The molecule has 1 aliphatic carbocycles. The van der Waals surface area contributed by atoms with Crippen LogP contribution in [0.5, 0.6) is 0 Å². The van der Waals surface area contributed by atoms with E-state index < -0.39 is 0 Å². The average Bonchev–Trinajstić information content (AvgIpc) is 3.02. The van der Waals surface area contributed by atoms with Crippen LogP contribution in [0.3, 0.4) is 0 Å². The van der Waals surface area contributed by atoms with Crippen molar-refractivity contribution in [1.82, 2.24) is 20.0 Å². The molecule has 1 aliphatic heterocycles. The lowest BCUT2D eigenvalue weighted by atomic mass is 9.57. The van der Waals surface area contributed by atoms with Crippen LogP contribution in [0.4, 0.5) is 0 Å². The number of aromatic nitrogens is 2. The van der Waals surface area contributed by atoms with Crippen molar-refractivity contribution in [2.45, 2.75) is 38.6 Å². The lowest BCUT2D eigenvalue weighted by Gasteiger charge is -2.54. The Morgan fingerprint density at radius 1 is 1.24 bits per heavy atom. The minimum Gasteiger partial charge on any atom is -0.347 e. The number of fused-ring (bicyclic) bond motifs is 1. The highest BCUT2D eigenvalue weighted by molar-refractivity contribution is 6.30. The first kappa shape index (κ1) is 18.6. The fourth-order valence-electron chi connectivity index (χ4n) is 4.72. The SMILES string of the molecule is CCc1nc2ccc(Cl)cn2c1C(=O)NCc1ccc(C2CC3(CNC3)C2)cc1. The van der Waals surface area contributed by atoms with Gasteiger partial charge in [0.2, 0.25) is 0 Å². The number of carbonyl (C=O) groups is 1. The number of hydrogen-bond acceptors (Lipinski definition) is 3. The van der Waals surface area contributed by atoms with Crippen LogP contribution in [0, 0.1) is 5.41 Å². The van der Waals surface area contributed by atoms with Crippen molar-refractivity contribution in [1.29, 1.82) is 0 Å². The number of aryl methyl sites for hydroxylation is 1. The predicted octanol–water partition coefficient (Wildman–Crippen LogP) is 3.95. The number of carbonyl (C=O) groups excluding carboxylic acids is 1. The number of amides is 1. The third-order valence-corrected chi connectivity index (χ3v) is 6.69. The summed E-state index contributed by atoms with van der Waals surface area (Å²) in [7, 11) is 0. The first-order valence-electron chi connectivity index (χ1n) is 10.3. The minimum atomic E-state index is -0.126. The van der Waals surface area contributed by atoms with E-state index in [9.17, 15) is 4.79 Å². The quantitative estimate of drug-likeness (QED) is 0.672. The van der Waals surface area contributed by atoms with Gasteiger partial charge in [-0.05, 0) is 53.9 Å². The van der Waals surface area contributed by atoms with Crippen LogP contribution in [-0.4, -0.2) is 28.4 Å². The Kier molecular flexibility index (Phi) is 4.60. The topological polar surface area (TPSA) is 58.4 Å². The zero-order valence-corrected chi connectivity index (χ0v) is 17.3. The van der Waals surface area contributed by atoms with Crippen LogP contribution in [0.2, 0.25) is 5.02 Å². The Morgan fingerprint density at radius 2 is 2.00 bits per heavy atom. The molecule has 2 N–H and O–H groups in total. The first-order chi connectivity index (χ1) is 14.1. The highest BCUT2D eigenvalue weighted by Crippen LogP contribution is 2.53. The van der Waals surface area contributed by atoms with Gasteiger partial charge >= 0.3 is 0 Å². The third kappa shape index (κ3) is 3.32. The van der Waals surface area contributed by atoms with E-state index in [1.807, 2.05) is 13.0 Å². The van der Waals surface area contributed by atoms with E-state index in [1.165, 1.54) is 31.5 Å². The molecule has 0 atom stereocenters. The maximum absolute atomic E-state index is 12.9. The maximum atomic E-state index is 12.9. The monoisotopic (exact) mass is 408 g/mol. The summed E-state index contributed by atoms with van der Waals surface area (Å²) in [6.45, 7) is 4.86. The van der Waals surface area contributed by atoms with Crippen molar-refractivity contribution in [3.05, 3.63) is 70.1 Å². The number of imidazole rings is 1. The fraction of sp³-hybridized carbons (Fsp3) is 0.391. The molecule has 0 radical (unpaired) electrons. The van der Waals surface area contributed by atoms with Crippen molar-refractivity contribution < 1.29 is 4.79 Å². The standard InChI is InChI=1S/C23H25ClN4O/c1-2-19-21(28-12-18(24)7-8-20(28)27-19)22(29)26-11-15-3-5-16(6-4-15)17-9-23(10-17)13-25-14-23/h3-8,12,17,25H,2,9-11,13-14H2,1H3,(H,26,29). The Hall–Kier alpha value is -2.37.